The highest BCUT2D eigenvalue weighted by molar-refractivity contribution is 5.81. The number of hydrogen-bond acceptors (Lipinski definition) is 3. The number of aliphatic hydroxyl groups is 1. The Morgan fingerprint density at radius 2 is 2.25 bits per heavy atom. The van der Waals surface area contributed by atoms with Gasteiger partial charge in [0.25, 0.3) is 0 Å². The van der Waals surface area contributed by atoms with Gasteiger partial charge in [0.2, 0.25) is 5.91 Å². The van der Waals surface area contributed by atoms with Crippen molar-refractivity contribution in [3.8, 4) is 0 Å². The summed E-state index contributed by atoms with van der Waals surface area (Å²) in [6.07, 6.45) is 4.81. The molecule has 2 aliphatic rings. The van der Waals surface area contributed by atoms with E-state index in [1.54, 1.807) is 0 Å². The molecular formula is C12H21NO3. The lowest BCUT2D eigenvalue weighted by Gasteiger charge is -2.17. The zero-order valence-corrected chi connectivity index (χ0v) is 9.87. The predicted octanol–water partition coefficient (Wildman–Crippen LogP) is 0.833. The molecule has 0 aromatic carbocycles. The molecule has 1 amide bonds. The summed E-state index contributed by atoms with van der Waals surface area (Å²) in [6, 6.07) is 0. The number of aliphatic hydroxyl groups excluding tert-OH is 1. The SMILES string of the molecule is CC1CCC(C(=O)NCC2(CCO)CC2)O1. The van der Waals surface area contributed by atoms with Gasteiger partial charge in [-0.3, -0.25) is 4.79 Å². The molecular weight excluding hydrogens is 206 g/mol. The highest BCUT2D eigenvalue weighted by atomic mass is 16.5. The lowest BCUT2D eigenvalue weighted by molar-refractivity contribution is -0.132. The second-order valence-corrected chi connectivity index (χ2v) is 5.20. The highest BCUT2D eigenvalue weighted by Crippen LogP contribution is 2.47. The maximum atomic E-state index is 11.8. The van der Waals surface area contributed by atoms with Crippen LogP contribution in [-0.2, 0) is 9.53 Å². The van der Waals surface area contributed by atoms with Gasteiger partial charge in [-0.15, -0.1) is 0 Å². The van der Waals surface area contributed by atoms with E-state index in [1.165, 1.54) is 0 Å². The van der Waals surface area contributed by atoms with Crippen LogP contribution in [0, 0.1) is 5.41 Å². The summed E-state index contributed by atoms with van der Waals surface area (Å²) in [6.45, 7) is 2.91. The Hall–Kier alpha value is -0.610. The molecule has 2 rings (SSSR count). The smallest absolute Gasteiger partial charge is 0.249 e. The summed E-state index contributed by atoms with van der Waals surface area (Å²) in [7, 11) is 0. The molecule has 2 unspecified atom stereocenters. The van der Waals surface area contributed by atoms with Crippen LogP contribution in [0.15, 0.2) is 0 Å². The first-order valence-corrected chi connectivity index (χ1v) is 6.19. The van der Waals surface area contributed by atoms with Gasteiger partial charge in [-0.05, 0) is 44.4 Å². The number of hydrogen-bond donors (Lipinski definition) is 2. The molecule has 1 saturated carbocycles. The van der Waals surface area contributed by atoms with Crippen molar-refractivity contribution in [2.75, 3.05) is 13.2 Å². The molecule has 0 aromatic rings. The van der Waals surface area contributed by atoms with Gasteiger partial charge >= 0.3 is 0 Å². The molecule has 1 aliphatic heterocycles. The van der Waals surface area contributed by atoms with Gasteiger partial charge in [0.1, 0.15) is 6.10 Å². The lowest BCUT2D eigenvalue weighted by Crippen LogP contribution is -2.38. The fourth-order valence-corrected chi connectivity index (χ4v) is 2.31. The number of carbonyl (C=O) groups is 1. The molecule has 16 heavy (non-hydrogen) atoms. The summed E-state index contributed by atoms with van der Waals surface area (Å²) in [4.78, 5) is 11.8. The van der Waals surface area contributed by atoms with E-state index < -0.39 is 0 Å². The summed E-state index contributed by atoms with van der Waals surface area (Å²) in [5.41, 5.74) is 0.189. The van der Waals surface area contributed by atoms with Crippen molar-refractivity contribution in [2.45, 2.75) is 51.2 Å². The molecule has 0 radical (unpaired) electrons. The summed E-state index contributed by atoms with van der Waals surface area (Å²) in [5.74, 6) is 0.0218. The minimum Gasteiger partial charge on any atom is -0.396 e. The maximum Gasteiger partial charge on any atom is 0.249 e. The third-order valence-corrected chi connectivity index (χ3v) is 3.76. The fourth-order valence-electron chi connectivity index (χ4n) is 2.31. The van der Waals surface area contributed by atoms with E-state index in [4.69, 9.17) is 9.84 Å². The van der Waals surface area contributed by atoms with Crippen LogP contribution in [-0.4, -0.2) is 36.4 Å². The quantitative estimate of drug-likeness (QED) is 0.731. The normalized spacial score (nSPS) is 31.4. The van der Waals surface area contributed by atoms with Crippen LogP contribution in [0.25, 0.3) is 0 Å². The molecule has 2 fully saturated rings. The van der Waals surface area contributed by atoms with Gasteiger partial charge < -0.3 is 15.2 Å². The Morgan fingerprint density at radius 1 is 1.50 bits per heavy atom. The first kappa shape index (κ1) is 11.9. The zero-order chi connectivity index (χ0) is 11.6. The third kappa shape index (κ3) is 2.74. The summed E-state index contributed by atoms with van der Waals surface area (Å²) in [5, 5.41) is 11.9. The second kappa shape index (κ2) is 4.72. The van der Waals surface area contributed by atoms with Crippen LogP contribution in [0.2, 0.25) is 0 Å². The lowest BCUT2D eigenvalue weighted by atomic mass is 10.0. The topological polar surface area (TPSA) is 58.6 Å². The van der Waals surface area contributed by atoms with E-state index in [0.29, 0.717) is 6.54 Å². The highest BCUT2D eigenvalue weighted by Gasteiger charge is 2.42. The zero-order valence-electron chi connectivity index (χ0n) is 9.87. The molecule has 1 saturated heterocycles. The maximum absolute atomic E-state index is 11.8. The molecule has 1 heterocycles. The van der Waals surface area contributed by atoms with E-state index in [2.05, 4.69) is 5.32 Å². The van der Waals surface area contributed by atoms with Crippen LogP contribution in [0.5, 0.6) is 0 Å². The van der Waals surface area contributed by atoms with E-state index in [9.17, 15) is 4.79 Å². The summed E-state index contributed by atoms with van der Waals surface area (Å²) < 4.78 is 5.51. The Balaban J connectivity index is 1.72. The first-order chi connectivity index (χ1) is 7.65. The molecule has 2 N–H and O–H groups in total. The van der Waals surface area contributed by atoms with Crippen LogP contribution in [0.4, 0.5) is 0 Å². The minimum atomic E-state index is -0.250. The molecule has 92 valence electrons. The average molecular weight is 227 g/mol. The predicted molar refractivity (Wildman–Crippen MR) is 59.9 cm³/mol. The van der Waals surface area contributed by atoms with Gasteiger partial charge in [-0.2, -0.15) is 0 Å². The monoisotopic (exact) mass is 227 g/mol. The molecule has 2 atom stereocenters. The van der Waals surface area contributed by atoms with Crippen molar-refractivity contribution in [3.05, 3.63) is 0 Å². The minimum absolute atomic E-state index is 0.0218. The third-order valence-electron chi connectivity index (χ3n) is 3.76. The average Bonchev–Trinajstić information content (AvgIpc) is 2.89. The largest absolute Gasteiger partial charge is 0.396 e. The Morgan fingerprint density at radius 3 is 2.75 bits per heavy atom. The standard InChI is InChI=1S/C12H21NO3/c1-9-2-3-10(16-9)11(15)13-8-12(4-5-12)6-7-14/h9-10,14H,2-8H2,1H3,(H,13,15). The molecule has 0 spiro atoms. The number of rotatable bonds is 5. The second-order valence-electron chi connectivity index (χ2n) is 5.20. The Bertz CT molecular complexity index is 263. The van der Waals surface area contributed by atoms with Crippen molar-refractivity contribution < 1.29 is 14.6 Å². The first-order valence-electron chi connectivity index (χ1n) is 6.19. The number of amides is 1. The van der Waals surface area contributed by atoms with E-state index in [0.717, 1.165) is 32.1 Å². The summed E-state index contributed by atoms with van der Waals surface area (Å²) >= 11 is 0. The van der Waals surface area contributed by atoms with Crippen LogP contribution >= 0.6 is 0 Å². The van der Waals surface area contributed by atoms with Gasteiger partial charge in [0.15, 0.2) is 0 Å². The Kier molecular flexibility index (Phi) is 3.50. The number of ether oxygens (including phenoxy) is 1. The van der Waals surface area contributed by atoms with E-state index in [-0.39, 0.29) is 30.1 Å². The van der Waals surface area contributed by atoms with Crippen molar-refractivity contribution in [3.63, 3.8) is 0 Å². The van der Waals surface area contributed by atoms with E-state index in [1.807, 2.05) is 6.92 Å². The van der Waals surface area contributed by atoms with Crippen molar-refractivity contribution in [1.29, 1.82) is 0 Å². The van der Waals surface area contributed by atoms with Crippen molar-refractivity contribution in [2.24, 2.45) is 5.41 Å². The molecule has 4 heteroatoms. The van der Waals surface area contributed by atoms with Crippen LogP contribution in [0.3, 0.4) is 0 Å². The Labute approximate surface area is 96.4 Å². The van der Waals surface area contributed by atoms with Crippen LogP contribution in [0.1, 0.15) is 39.0 Å². The number of nitrogens with one attached hydrogen (secondary N) is 1. The van der Waals surface area contributed by atoms with Gasteiger partial charge in [0.05, 0.1) is 6.10 Å². The van der Waals surface area contributed by atoms with E-state index >= 15 is 0 Å². The van der Waals surface area contributed by atoms with Crippen molar-refractivity contribution in [1.82, 2.24) is 5.32 Å². The molecule has 4 nitrogen and oxygen atoms in total. The molecule has 0 aromatic heterocycles. The molecule has 1 aliphatic carbocycles. The van der Waals surface area contributed by atoms with Crippen LogP contribution < -0.4 is 5.32 Å². The number of carbonyl (C=O) groups excluding carboxylic acids is 1. The van der Waals surface area contributed by atoms with Crippen molar-refractivity contribution >= 4 is 5.91 Å². The molecule has 0 bridgehead atoms. The van der Waals surface area contributed by atoms with Gasteiger partial charge in [0, 0.05) is 13.2 Å². The van der Waals surface area contributed by atoms with Gasteiger partial charge in [-0.1, -0.05) is 0 Å². The van der Waals surface area contributed by atoms with Gasteiger partial charge in [-0.25, -0.2) is 0 Å². The fraction of sp³-hybridized carbons (Fsp3) is 0.917.